The molecule has 0 bridgehead atoms. The van der Waals surface area contributed by atoms with Crippen molar-refractivity contribution in [3.05, 3.63) is 76.1 Å². The molecule has 1 aromatic heterocycles. The second-order valence-electron chi connectivity index (χ2n) is 7.08. The normalized spacial score (nSPS) is 11.0. The van der Waals surface area contributed by atoms with Crippen LogP contribution in [0.25, 0.3) is 5.69 Å². The average molecular weight is 398 g/mol. The number of carbonyl (C=O) groups excluding carboxylic acids is 1. The molecule has 0 unspecified atom stereocenters. The van der Waals surface area contributed by atoms with Gasteiger partial charge in [0.1, 0.15) is 11.5 Å². The molecule has 7 heteroatoms. The third-order valence-electron chi connectivity index (χ3n) is 4.91. The van der Waals surface area contributed by atoms with Gasteiger partial charge in [-0.15, -0.1) is 0 Å². The van der Waals surface area contributed by atoms with Crippen molar-refractivity contribution in [2.24, 2.45) is 0 Å². The Morgan fingerprint density at radius 2 is 1.76 bits per heavy atom. The first-order valence-electron chi connectivity index (χ1n) is 9.35. The fourth-order valence-electron chi connectivity index (χ4n) is 3.31. The van der Waals surface area contributed by atoms with Crippen molar-refractivity contribution in [2.75, 3.05) is 11.9 Å². The molecule has 3 aromatic rings. The van der Waals surface area contributed by atoms with Crippen molar-refractivity contribution in [1.29, 1.82) is 0 Å². The molecule has 5 nitrogen and oxygen atoms in total. The topological polar surface area (TPSA) is 59.0 Å². The Hall–Kier alpha value is -3.06. The smallest absolute Gasteiger partial charge is 0.238 e. The summed E-state index contributed by atoms with van der Waals surface area (Å²) in [5.74, 6) is -1.46. The maximum atomic E-state index is 14.1. The minimum absolute atomic E-state index is 0.128. The van der Waals surface area contributed by atoms with Gasteiger partial charge < -0.3 is 10.6 Å². The highest BCUT2D eigenvalue weighted by Crippen LogP contribution is 2.21. The summed E-state index contributed by atoms with van der Waals surface area (Å²) in [6, 6.07) is 9.24. The highest BCUT2D eigenvalue weighted by atomic mass is 19.1. The molecule has 29 heavy (non-hydrogen) atoms. The van der Waals surface area contributed by atoms with Gasteiger partial charge in [-0.3, -0.25) is 4.79 Å². The molecule has 0 aliphatic carbocycles. The number of aromatic nitrogens is 2. The molecule has 2 aromatic carbocycles. The molecule has 0 atom stereocenters. The van der Waals surface area contributed by atoms with Gasteiger partial charge in [-0.25, -0.2) is 13.5 Å². The molecular weight excluding hydrogens is 374 g/mol. The number of nitrogens with zero attached hydrogens (tertiary/aromatic N) is 2. The van der Waals surface area contributed by atoms with E-state index in [4.69, 9.17) is 0 Å². The van der Waals surface area contributed by atoms with E-state index in [0.29, 0.717) is 12.2 Å². The average Bonchev–Trinajstić information content (AvgIpc) is 2.93. The van der Waals surface area contributed by atoms with Crippen molar-refractivity contribution in [3.8, 4) is 5.69 Å². The molecule has 0 spiro atoms. The fourth-order valence-corrected chi connectivity index (χ4v) is 3.31. The minimum atomic E-state index is -0.678. The molecule has 2 N–H and O–H groups in total. The quantitative estimate of drug-likeness (QED) is 0.657. The number of carbonyl (C=O) groups is 1. The van der Waals surface area contributed by atoms with E-state index in [0.717, 1.165) is 34.1 Å². The van der Waals surface area contributed by atoms with Gasteiger partial charge in [-0.1, -0.05) is 18.2 Å². The van der Waals surface area contributed by atoms with Crippen LogP contribution in [-0.2, 0) is 11.3 Å². The Bertz CT molecular complexity index is 1040. The van der Waals surface area contributed by atoms with Crippen LogP contribution in [0.1, 0.15) is 28.1 Å². The maximum Gasteiger partial charge on any atom is 0.238 e. The SMILES string of the molecule is Cc1cccc(C)c1NC(=O)CNCc1c(C)nn(-c2ccc(F)cc2F)c1C. The lowest BCUT2D eigenvalue weighted by molar-refractivity contribution is -0.115. The monoisotopic (exact) mass is 398 g/mol. The molecule has 152 valence electrons. The molecule has 0 fully saturated rings. The van der Waals surface area contributed by atoms with Crippen molar-refractivity contribution in [3.63, 3.8) is 0 Å². The van der Waals surface area contributed by atoms with Crippen molar-refractivity contribution >= 4 is 11.6 Å². The number of nitrogens with one attached hydrogen (secondary N) is 2. The van der Waals surface area contributed by atoms with Crippen LogP contribution < -0.4 is 10.6 Å². The largest absolute Gasteiger partial charge is 0.324 e. The molecule has 0 saturated heterocycles. The molecule has 1 heterocycles. The molecule has 0 saturated carbocycles. The Morgan fingerprint density at radius 3 is 2.41 bits per heavy atom. The van der Waals surface area contributed by atoms with Crippen LogP contribution in [0, 0.1) is 39.3 Å². The number of anilines is 1. The fraction of sp³-hybridized carbons (Fsp3) is 0.273. The number of para-hydroxylation sites is 1. The number of hydrogen-bond acceptors (Lipinski definition) is 3. The van der Waals surface area contributed by atoms with Gasteiger partial charge in [0.2, 0.25) is 5.91 Å². The molecule has 1 amide bonds. The van der Waals surface area contributed by atoms with Gasteiger partial charge in [0.25, 0.3) is 0 Å². The van der Waals surface area contributed by atoms with Crippen molar-refractivity contribution in [2.45, 2.75) is 34.2 Å². The molecular formula is C22H24F2N4O. The Kier molecular flexibility index (Phi) is 6.08. The summed E-state index contributed by atoms with van der Waals surface area (Å²) in [5, 5.41) is 10.4. The zero-order chi connectivity index (χ0) is 21.1. The molecule has 0 aliphatic heterocycles. The summed E-state index contributed by atoms with van der Waals surface area (Å²) in [6.07, 6.45) is 0. The Balaban J connectivity index is 1.67. The summed E-state index contributed by atoms with van der Waals surface area (Å²) >= 11 is 0. The van der Waals surface area contributed by atoms with Gasteiger partial charge in [0, 0.05) is 29.6 Å². The van der Waals surface area contributed by atoms with E-state index >= 15 is 0 Å². The van der Waals surface area contributed by atoms with Gasteiger partial charge in [-0.05, 0) is 51.0 Å². The second-order valence-corrected chi connectivity index (χ2v) is 7.08. The molecule has 0 aliphatic rings. The van der Waals surface area contributed by atoms with Crippen LogP contribution in [0.5, 0.6) is 0 Å². The lowest BCUT2D eigenvalue weighted by Gasteiger charge is -2.12. The molecule has 3 rings (SSSR count). The Labute approximate surface area is 168 Å². The summed E-state index contributed by atoms with van der Waals surface area (Å²) in [6.45, 7) is 8.07. The number of amides is 1. The summed E-state index contributed by atoms with van der Waals surface area (Å²) < 4.78 is 28.8. The van der Waals surface area contributed by atoms with Gasteiger partial charge in [0.15, 0.2) is 5.82 Å². The Morgan fingerprint density at radius 1 is 1.07 bits per heavy atom. The predicted octanol–water partition coefficient (Wildman–Crippen LogP) is 4.11. The van der Waals surface area contributed by atoms with E-state index in [1.54, 1.807) is 0 Å². The van der Waals surface area contributed by atoms with E-state index in [1.165, 1.54) is 16.8 Å². The van der Waals surface area contributed by atoms with Gasteiger partial charge in [-0.2, -0.15) is 5.10 Å². The first-order chi connectivity index (χ1) is 13.8. The summed E-state index contributed by atoms with van der Waals surface area (Å²) in [7, 11) is 0. The highest BCUT2D eigenvalue weighted by Gasteiger charge is 2.16. The van der Waals surface area contributed by atoms with Crippen LogP contribution in [0.4, 0.5) is 14.5 Å². The third-order valence-corrected chi connectivity index (χ3v) is 4.91. The predicted molar refractivity (Wildman–Crippen MR) is 109 cm³/mol. The lowest BCUT2D eigenvalue weighted by Crippen LogP contribution is -2.28. The lowest BCUT2D eigenvalue weighted by atomic mass is 10.1. The van der Waals surface area contributed by atoms with Gasteiger partial charge in [0.05, 0.1) is 12.2 Å². The van der Waals surface area contributed by atoms with Crippen LogP contribution in [0.15, 0.2) is 36.4 Å². The number of benzene rings is 2. The number of aryl methyl sites for hydroxylation is 3. The standard InChI is InChI=1S/C22H24F2N4O/c1-13-6-5-7-14(2)22(13)26-21(29)12-25-11-18-15(3)27-28(16(18)4)20-9-8-17(23)10-19(20)24/h5-10,25H,11-12H2,1-4H3,(H,26,29). The van der Waals surface area contributed by atoms with Gasteiger partial charge >= 0.3 is 0 Å². The maximum absolute atomic E-state index is 14.1. The van der Waals surface area contributed by atoms with Crippen molar-refractivity contribution in [1.82, 2.24) is 15.1 Å². The summed E-state index contributed by atoms with van der Waals surface area (Å²) in [4.78, 5) is 12.3. The zero-order valence-corrected chi connectivity index (χ0v) is 16.9. The van der Waals surface area contributed by atoms with E-state index in [9.17, 15) is 13.6 Å². The number of rotatable bonds is 6. The van der Waals surface area contributed by atoms with Crippen molar-refractivity contribution < 1.29 is 13.6 Å². The first-order valence-corrected chi connectivity index (χ1v) is 9.35. The minimum Gasteiger partial charge on any atom is -0.324 e. The second kappa shape index (κ2) is 8.53. The number of hydrogen-bond donors (Lipinski definition) is 2. The third kappa shape index (κ3) is 4.51. The van der Waals surface area contributed by atoms with E-state index < -0.39 is 11.6 Å². The first kappa shape index (κ1) is 20.7. The van der Waals surface area contributed by atoms with E-state index in [-0.39, 0.29) is 18.1 Å². The zero-order valence-electron chi connectivity index (χ0n) is 16.9. The van der Waals surface area contributed by atoms with Crippen LogP contribution >= 0.6 is 0 Å². The van der Waals surface area contributed by atoms with E-state index in [1.807, 2.05) is 45.9 Å². The summed E-state index contributed by atoms with van der Waals surface area (Å²) in [5.41, 5.74) is 5.34. The van der Waals surface area contributed by atoms with Crippen LogP contribution in [-0.4, -0.2) is 22.2 Å². The van der Waals surface area contributed by atoms with E-state index in [2.05, 4.69) is 15.7 Å². The molecule has 0 radical (unpaired) electrons. The highest BCUT2D eigenvalue weighted by molar-refractivity contribution is 5.93. The van der Waals surface area contributed by atoms with Crippen LogP contribution in [0.3, 0.4) is 0 Å². The van der Waals surface area contributed by atoms with Crippen LogP contribution in [0.2, 0.25) is 0 Å². The number of halogens is 2.